The number of halogens is 3. The van der Waals surface area contributed by atoms with Crippen LogP contribution in [-0.4, -0.2) is 49.7 Å². The molecule has 3 rings (SSSR count). The van der Waals surface area contributed by atoms with E-state index in [-0.39, 0.29) is 30.1 Å². The van der Waals surface area contributed by atoms with Gasteiger partial charge < -0.3 is 15.4 Å². The molecule has 1 aliphatic rings. The minimum Gasteiger partial charge on any atom is -0.383 e. The van der Waals surface area contributed by atoms with E-state index in [0.29, 0.717) is 37.7 Å². The lowest BCUT2D eigenvalue weighted by molar-refractivity contribution is -0.125. The Morgan fingerprint density at radius 3 is 2.67 bits per heavy atom. The van der Waals surface area contributed by atoms with Crippen molar-refractivity contribution in [1.82, 2.24) is 15.5 Å². The van der Waals surface area contributed by atoms with Crippen LogP contribution in [0.4, 0.5) is 8.78 Å². The van der Waals surface area contributed by atoms with E-state index in [0.717, 1.165) is 5.56 Å². The van der Waals surface area contributed by atoms with Crippen LogP contribution in [0, 0.1) is 11.6 Å². The molecular weight excluding hydrogens is 412 g/mol. The Labute approximate surface area is 180 Å². The van der Waals surface area contributed by atoms with Crippen LogP contribution in [-0.2, 0) is 22.6 Å². The van der Waals surface area contributed by atoms with Gasteiger partial charge in [0.15, 0.2) is 0 Å². The highest BCUT2D eigenvalue weighted by atomic mass is 35.5. The van der Waals surface area contributed by atoms with Crippen molar-refractivity contribution in [2.24, 2.45) is 0 Å². The predicted molar refractivity (Wildman–Crippen MR) is 112 cm³/mol. The first-order valence-corrected chi connectivity index (χ1v) is 10.3. The lowest BCUT2D eigenvalue weighted by atomic mass is 10.1. The van der Waals surface area contributed by atoms with Crippen LogP contribution < -0.4 is 10.6 Å². The SMILES string of the molecule is COCCNC(=O)[C@@H]1C[C@@H](NCc2c(F)cccc2F)CN1Cc1cccc(Cl)c1. The van der Waals surface area contributed by atoms with Crippen LogP contribution in [0.15, 0.2) is 42.5 Å². The zero-order valence-corrected chi connectivity index (χ0v) is 17.6. The average Bonchev–Trinajstić information content (AvgIpc) is 3.10. The van der Waals surface area contributed by atoms with Gasteiger partial charge in [0.05, 0.1) is 12.6 Å². The Morgan fingerprint density at radius 2 is 1.97 bits per heavy atom. The summed E-state index contributed by atoms with van der Waals surface area (Å²) >= 11 is 6.09. The lowest BCUT2D eigenvalue weighted by Crippen LogP contribution is -2.43. The van der Waals surface area contributed by atoms with Crippen LogP contribution >= 0.6 is 11.6 Å². The lowest BCUT2D eigenvalue weighted by Gasteiger charge is -2.23. The second kappa shape index (κ2) is 10.8. The van der Waals surface area contributed by atoms with Crippen LogP contribution in [0.1, 0.15) is 17.5 Å². The molecule has 0 spiro atoms. The first-order valence-electron chi connectivity index (χ1n) is 9.89. The molecule has 1 aliphatic heterocycles. The van der Waals surface area contributed by atoms with Crippen molar-refractivity contribution in [3.8, 4) is 0 Å². The van der Waals surface area contributed by atoms with Gasteiger partial charge in [-0.2, -0.15) is 0 Å². The van der Waals surface area contributed by atoms with Crippen molar-refractivity contribution in [2.75, 3.05) is 26.8 Å². The van der Waals surface area contributed by atoms with Gasteiger partial charge in [-0.25, -0.2) is 8.78 Å². The summed E-state index contributed by atoms with van der Waals surface area (Å²) in [6, 6.07) is 10.9. The molecule has 5 nitrogen and oxygen atoms in total. The van der Waals surface area contributed by atoms with Crippen molar-refractivity contribution in [3.63, 3.8) is 0 Å². The molecule has 2 aromatic rings. The Balaban J connectivity index is 1.68. The average molecular weight is 438 g/mol. The Kier molecular flexibility index (Phi) is 8.16. The smallest absolute Gasteiger partial charge is 0.237 e. The molecule has 2 atom stereocenters. The summed E-state index contributed by atoms with van der Waals surface area (Å²) in [5, 5.41) is 6.73. The topological polar surface area (TPSA) is 53.6 Å². The van der Waals surface area contributed by atoms with Gasteiger partial charge in [0.2, 0.25) is 5.91 Å². The zero-order valence-electron chi connectivity index (χ0n) is 16.8. The van der Waals surface area contributed by atoms with Gasteiger partial charge in [0.1, 0.15) is 11.6 Å². The first kappa shape index (κ1) is 22.6. The van der Waals surface area contributed by atoms with E-state index in [1.807, 2.05) is 18.2 Å². The molecule has 1 heterocycles. The third-order valence-corrected chi connectivity index (χ3v) is 5.45. The number of nitrogens with zero attached hydrogens (tertiary/aromatic N) is 1. The molecule has 1 fully saturated rings. The molecule has 0 aromatic heterocycles. The van der Waals surface area contributed by atoms with Gasteiger partial charge in [-0.3, -0.25) is 9.69 Å². The molecular formula is C22H26ClF2N3O2. The molecule has 30 heavy (non-hydrogen) atoms. The third kappa shape index (κ3) is 5.98. The summed E-state index contributed by atoms with van der Waals surface area (Å²) in [6.07, 6.45) is 0.537. The largest absolute Gasteiger partial charge is 0.383 e. The maximum atomic E-state index is 13.9. The zero-order chi connectivity index (χ0) is 21.5. The summed E-state index contributed by atoms with van der Waals surface area (Å²) in [7, 11) is 1.58. The molecule has 0 bridgehead atoms. The molecule has 2 aromatic carbocycles. The van der Waals surface area contributed by atoms with E-state index >= 15 is 0 Å². The fourth-order valence-corrected chi connectivity index (χ4v) is 3.92. The van der Waals surface area contributed by atoms with Gasteiger partial charge in [0.25, 0.3) is 0 Å². The number of likely N-dealkylation sites (tertiary alicyclic amines) is 1. The van der Waals surface area contributed by atoms with Gasteiger partial charge in [-0.15, -0.1) is 0 Å². The molecule has 1 saturated heterocycles. The van der Waals surface area contributed by atoms with Gasteiger partial charge >= 0.3 is 0 Å². The fraction of sp³-hybridized carbons (Fsp3) is 0.409. The summed E-state index contributed by atoms with van der Waals surface area (Å²) < 4.78 is 32.8. The minimum atomic E-state index is -0.579. The number of rotatable bonds is 9. The number of benzene rings is 2. The molecule has 0 radical (unpaired) electrons. The second-order valence-electron chi connectivity index (χ2n) is 7.37. The van der Waals surface area contributed by atoms with Crippen LogP contribution in [0.2, 0.25) is 5.02 Å². The standard InChI is InChI=1S/C22H26ClF2N3O2/c1-30-9-8-26-22(29)21-11-17(27-12-18-19(24)6-3-7-20(18)25)14-28(21)13-15-4-2-5-16(23)10-15/h2-7,10,17,21,27H,8-9,11-14H2,1H3,(H,26,29)/t17-,21+/m1/s1. The molecule has 0 unspecified atom stereocenters. The van der Waals surface area contributed by atoms with Gasteiger partial charge in [-0.05, 0) is 36.2 Å². The summed E-state index contributed by atoms with van der Waals surface area (Å²) in [6.45, 7) is 2.04. The van der Waals surface area contributed by atoms with E-state index in [2.05, 4.69) is 15.5 Å². The second-order valence-corrected chi connectivity index (χ2v) is 7.81. The Morgan fingerprint density at radius 1 is 1.23 bits per heavy atom. The van der Waals surface area contributed by atoms with E-state index in [9.17, 15) is 13.6 Å². The van der Waals surface area contributed by atoms with Crippen LogP contribution in [0.25, 0.3) is 0 Å². The highest BCUT2D eigenvalue weighted by molar-refractivity contribution is 6.30. The number of nitrogens with one attached hydrogen (secondary N) is 2. The molecule has 162 valence electrons. The fourth-order valence-electron chi connectivity index (χ4n) is 3.71. The van der Waals surface area contributed by atoms with Crippen molar-refractivity contribution >= 4 is 17.5 Å². The highest BCUT2D eigenvalue weighted by Gasteiger charge is 2.36. The molecule has 2 N–H and O–H groups in total. The number of ether oxygens (including phenoxy) is 1. The Bertz CT molecular complexity index is 848. The van der Waals surface area contributed by atoms with Crippen molar-refractivity contribution in [2.45, 2.75) is 31.6 Å². The predicted octanol–water partition coefficient (Wildman–Crippen LogP) is 3.11. The number of hydrogen-bond acceptors (Lipinski definition) is 4. The van der Waals surface area contributed by atoms with Crippen molar-refractivity contribution < 1.29 is 18.3 Å². The molecule has 0 saturated carbocycles. The highest BCUT2D eigenvalue weighted by Crippen LogP contribution is 2.23. The van der Waals surface area contributed by atoms with Crippen LogP contribution in [0.3, 0.4) is 0 Å². The third-order valence-electron chi connectivity index (χ3n) is 5.22. The van der Waals surface area contributed by atoms with Crippen LogP contribution in [0.5, 0.6) is 0 Å². The number of methoxy groups -OCH3 is 1. The monoisotopic (exact) mass is 437 g/mol. The van der Waals surface area contributed by atoms with E-state index < -0.39 is 11.6 Å². The number of hydrogen-bond donors (Lipinski definition) is 2. The molecule has 0 aliphatic carbocycles. The number of carbonyl (C=O) groups is 1. The molecule has 8 heteroatoms. The Hall–Kier alpha value is -2.06. The maximum absolute atomic E-state index is 13.9. The van der Waals surface area contributed by atoms with E-state index in [4.69, 9.17) is 16.3 Å². The first-order chi connectivity index (χ1) is 14.5. The molecule has 1 amide bonds. The number of carbonyl (C=O) groups excluding carboxylic acids is 1. The number of amides is 1. The van der Waals surface area contributed by atoms with E-state index in [1.54, 1.807) is 13.2 Å². The summed E-state index contributed by atoms with van der Waals surface area (Å²) in [5.74, 6) is -1.24. The summed E-state index contributed by atoms with van der Waals surface area (Å²) in [5.41, 5.74) is 1.00. The quantitative estimate of drug-likeness (QED) is 0.592. The van der Waals surface area contributed by atoms with Gasteiger partial charge in [-0.1, -0.05) is 29.8 Å². The minimum absolute atomic E-state index is 0.00638. The maximum Gasteiger partial charge on any atom is 0.237 e. The van der Waals surface area contributed by atoms with Gasteiger partial charge in [0, 0.05) is 49.9 Å². The van der Waals surface area contributed by atoms with Crippen molar-refractivity contribution in [1.29, 1.82) is 0 Å². The van der Waals surface area contributed by atoms with Crippen molar-refractivity contribution in [3.05, 3.63) is 70.2 Å². The van der Waals surface area contributed by atoms with E-state index in [1.165, 1.54) is 18.2 Å². The summed E-state index contributed by atoms with van der Waals surface area (Å²) in [4.78, 5) is 14.8. The normalized spacial score (nSPS) is 19.2.